The molecule has 2 aromatic rings. The van der Waals surface area contributed by atoms with Crippen molar-refractivity contribution in [3.63, 3.8) is 0 Å². The number of thiazole rings is 1. The smallest absolute Gasteiger partial charge is 0.321 e. The monoisotopic (exact) mass is 319 g/mol. The Morgan fingerprint density at radius 3 is 2.91 bits per heavy atom. The SMILES string of the molecule is CCC(O)CCNC(=O)Nc1ncc(-c2ccccc2C)s1. The van der Waals surface area contributed by atoms with E-state index in [1.807, 2.05) is 38.1 Å². The van der Waals surface area contributed by atoms with Gasteiger partial charge in [0.1, 0.15) is 0 Å². The van der Waals surface area contributed by atoms with E-state index in [0.29, 0.717) is 24.5 Å². The van der Waals surface area contributed by atoms with Crippen LogP contribution in [-0.4, -0.2) is 28.8 Å². The maximum Gasteiger partial charge on any atom is 0.321 e. The van der Waals surface area contributed by atoms with E-state index in [0.717, 1.165) is 10.4 Å². The van der Waals surface area contributed by atoms with Crippen molar-refractivity contribution in [2.45, 2.75) is 32.8 Å². The first kappa shape index (κ1) is 16.5. The third kappa shape index (κ3) is 4.54. The van der Waals surface area contributed by atoms with Crippen LogP contribution >= 0.6 is 11.3 Å². The lowest BCUT2D eigenvalue weighted by molar-refractivity contribution is 0.160. The van der Waals surface area contributed by atoms with Crippen LogP contribution in [0.15, 0.2) is 30.5 Å². The molecule has 0 aliphatic heterocycles. The number of benzene rings is 1. The Balaban J connectivity index is 1.90. The number of aryl methyl sites for hydroxylation is 1. The van der Waals surface area contributed by atoms with Gasteiger partial charge in [-0.2, -0.15) is 0 Å². The predicted octanol–water partition coefficient (Wildman–Crippen LogP) is 3.40. The van der Waals surface area contributed by atoms with E-state index in [1.165, 1.54) is 16.9 Å². The molecule has 22 heavy (non-hydrogen) atoms. The number of aliphatic hydroxyl groups excluding tert-OH is 1. The van der Waals surface area contributed by atoms with Crippen LogP contribution in [0.5, 0.6) is 0 Å². The molecule has 1 heterocycles. The van der Waals surface area contributed by atoms with Gasteiger partial charge >= 0.3 is 6.03 Å². The predicted molar refractivity (Wildman–Crippen MR) is 90.2 cm³/mol. The number of nitrogens with zero attached hydrogens (tertiary/aromatic N) is 1. The molecule has 6 heteroatoms. The number of carbonyl (C=O) groups is 1. The van der Waals surface area contributed by atoms with Crippen LogP contribution in [0.4, 0.5) is 9.93 Å². The average molecular weight is 319 g/mol. The molecule has 1 aromatic carbocycles. The number of hydrogen-bond donors (Lipinski definition) is 3. The van der Waals surface area contributed by atoms with E-state index in [1.54, 1.807) is 6.20 Å². The van der Waals surface area contributed by atoms with E-state index in [9.17, 15) is 9.90 Å². The third-order valence-electron chi connectivity index (χ3n) is 3.37. The van der Waals surface area contributed by atoms with Gasteiger partial charge in [-0.1, -0.05) is 42.5 Å². The first-order valence-corrected chi connectivity index (χ1v) is 8.16. The third-order valence-corrected chi connectivity index (χ3v) is 4.32. The van der Waals surface area contributed by atoms with Crippen LogP contribution in [0.1, 0.15) is 25.3 Å². The molecule has 0 saturated carbocycles. The molecule has 1 unspecified atom stereocenters. The van der Waals surface area contributed by atoms with E-state index >= 15 is 0 Å². The lowest BCUT2D eigenvalue weighted by Crippen LogP contribution is -2.31. The Labute approximate surface area is 134 Å². The lowest BCUT2D eigenvalue weighted by atomic mass is 10.1. The first-order chi connectivity index (χ1) is 10.6. The van der Waals surface area contributed by atoms with Gasteiger partial charge in [0.15, 0.2) is 5.13 Å². The fraction of sp³-hybridized carbons (Fsp3) is 0.375. The number of hydrogen-bond acceptors (Lipinski definition) is 4. The largest absolute Gasteiger partial charge is 0.393 e. The molecular weight excluding hydrogens is 298 g/mol. The van der Waals surface area contributed by atoms with Gasteiger partial charge in [-0.3, -0.25) is 5.32 Å². The van der Waals surface area contributed by atoms with Crippen LogP contribution in [0.25, 0.3) is 10.4 Å². The highest BCUT2D eigenvalue weighted by atomic mass is 32.1. The van der Waals surface area contributed by atoms with E-state index in [4.69, 9.17) is 0 Å². The normalized spacial score (nSPS) is 12.0. The number of carbonyl (C=O) groups excluding carboxylic acids is 1. The molecule has 0 radical (unpaired) electrons. The fourth-order valence-corrected chi connectivity index (χ4v) is 2.91. The van der Waals surface area contributed by atoms with Crippen LogP contribution in [0.2, 0.25) is 0 Å². The minimum Gasteiger partial charge on any atom is -0.393 e. The second-order valence-corrected chi connectivity index (χ2v) is 6.11. The summed E-state index contributed by atoms with van der Waals surface area (Å²) < 4.78 is 0. The van der Waals surface area contributed by atoms with Crippen LogP contribution in [0.3, 0.4) is 0 Å². The zero-order valence-corrected chi connectivity index (χ0v) is 13.6. The zero-order chi connectivity index (χ0) is 15.9. The van der Waals surface area contributed by atoms with Crippen molar-refractivity contribution in [3.8, 4) is 10.4 Å². The number of rotatable bonds is 6. The molecule has 0 bridgehead atoms. The number of amides is 2. The highest BCUT2D eigenvalue weighted by molar-refractivity contribution is 7.19. The second-order valence-electron chi connectivity index (χ2n) is 5.08. The Kier molecular flexibility index (Phi) is 5.91. The van der Waals surface area contributed by atoms with E-state index < -0.39 is 0 Å². The Hall–Kier alpha value is -1.92. The second kappa shape index (κ2) is 7.91. The van der Waals surface area contributed by atoms with Crippen LogP contribution in [-0.2, 0) is 0 Å². The van der Waals surface area contributed by atoms with Gasteiger partial charge in [-0.05, 0) is 30.9 Å². The Bertz CT molecular complexity index is 627. The summed E-state index contributed by atoms with van der Waals surface area (Å²) in [5, 5.41) is 15.4. The summed E-state index contributed by atoms with van der Waals surface area (Å²) in [4.78, 5) is 17.0. The maximum absolute atomic E-state index is 11.8. The van der Waals surface area contributed by atoms with Gasteiger partial charge in [0.25, 0.3) is 0 Å². The molecule has 118 valence electrons. The number of aromatic nitrogens is 1. The van der Waals surface area contributed by atoms with Crippen molar-refractivity contribution in [2.75, 3.05) is 11.9 Å². The summed E-state index contributed by atoms with van der Waals surface area (Å²) in [6, 6.07) is 7.78. The standard InChI is InChI=1S/C16H21N3O2S/c1-3-12(20)8-9-17-15(21)19-16-18-10-14(22-16)13-7-5-4-6-11(13)2/h4-7,10,12,20H,3,8-9H2,1-2H3,(H2,17,18,19,21). The summed E-state index contributed by atoms with van der Waals surface area (Å²) >= 11 is 1.44. The molecule has 3 N–H and O–H groups in total. The molecular formula is C16H21N3O2S. The minimum atomic E-state index is -0.368. The molecule has 0 saturated heterocycles. The molecule has 0 spiro atoms. The summed E-state index contributed by atoms with van der Waals surface area (Å²) in [6.07, 6.45) is 2.64. The summed E-state index contributed by atoms with van der Waals surface area (Å²) in [5.41, 5.74) is 2.30. The summed E-state index contributed by atoms with van der Waals surface area (Å²) in [7, 11) is 0. The summed E-state index contributed by atoms with van der Waals surface area (Å²) in [6.45, 7) is 4.40. The lowest BCUT2D eigenvalue weighted by Gasteiger charge is -2.08. The van der Waals surface area contributed by atoms with Crippen LogP contribution < -0.4 is 10.6 Å². The van der Waals surface area contributed by atoms with Gasteiger partial charge < -0.3 is 10.4 Å². The molecule has 1 aromatic heterocycles. The molecule has 2 rings (SSSR count). The number of urea groups is 1. The topological polar surface area (TPSA) is 74.2 Å². The van der Waals surface area contributed by atoms with Crippen molar-refractivity contribution in [3.05, 3.63) is 36.0 Å². The van der Waals surface area contributed by atoms with E-state index in [-0.39, 0.29) is 12.1 Å². The molecule has 2 amide bonds. The molecule has 1 atom stereocenters. The van der Waals surface area contributed by atoms with Crippen molar-refractivity contribution in [1.82, 2.24) is 10.3 Å². The zero-order valence-electron chi connectivity index (χ0n) is 12.8. The van der Waals surface area contributed by atoms with Crippen molar-refractivity contribution >= 4 is 22.5 Å². The van der Waals surface area contributed by atoms with Crippen LogP contribution in [0, 0.1) is 6.92 Å². The summed E-state index contributed by atoms with van der Waals surface area (Å²) in [5.74, 6) is 0. The van der Waals surface area contributed by atoms with E-state index in [2.05, 4.69) is 15.6 Å². The number of anilines is 1. The Morgan fingerprint density at radius 1 is 1.41 bits per heavy atom. The van der Waals surface area contributed by atoms with Gasteiger partial charge in [0, 0.05) is 12.7 Å². The first-order valence-electron chi connectivity index (χ1n) is 7.35. The van der Waals surface area contributed by atoms with Gasteiger partial charge in [0.05, 0.1) is 11.0 Å². The molecule has 0 aliphatic carbocycles. The van der Waals surface area contributed by atoms with Crippen molar-refractivity contribution in [1.29, 1.82) is 0 Å². The fourth-order valence-electron chi connectivity index (χ4n) is 2.00. The average Bonchev–Trinajstić information content (AvgIpc) is 2.95. The van der Waals surface area contributed by atoms with Crippen molar-refractivity contribution < 1.29 is 9.90 Å². The Morgan fingerprint density at radius 2 is 2.18 bits per heavy atom. The highest BCUT2D eigenvalue weighted by Gasteiger charge is 2.09. The molecule has 5 nitrogen and oxygen atoms in total. The van der Waals surface area contributed by atoms with Crippen molar-refractivity contribution in [2.24, 2.45) is 0 Å². The maximum atomic E-state index is 11.8. The van der Waals surface area contributed by atoms with Gasteiger partial charge in [0.2, 0.25) is 0 Å². The van der Waals surface area contributed by atoms with Gasteiger partial charge in [-0.25, -0.2) is 9.78 Å². The number of aliphatic hydroxyl groups is 1. The van der Waals surface area contributed by atoms with Gasteiger partial charge in [-0.15, -0.1) is 0 Å². The molecule has 0 aliphatic rings. The quantitative estimate of drug-likeness (QED) is 0.764. The number of nitrogens with one attached hydrogen (secondary N) is 2. The highest BCUT2D eigenvalue weighted by Crippen LogP contribution is 2.30. The molecule has 0 fully saturated rings. The minimum absolute atomic E-state index is 0.297.